The maximum absolute atomic E-state index is 12.5. The first-order chi connectivity index (χ1) is 9.61. The van der Waals surface area contributed by atoms with Gasteiger partial charge in [-0.25, -0.2) is 0 Å². The van der Waals surface area contributed by atoms with Gasteiger partial charge in [0.1, 0.15) is 5.75 Å². The van der Waals surface area contributed by atoms with Gasteiger partial charge in [-0.1, -0.05) is 0 Å². The largest absolute Gasteiger partial charge is 0.496 e. The van der Waals surface area contributed by atoms with Gasteiger partial charge in [0.2, 0.25) is 0 Å². The monoisotopic (exact) mass is 276 g/mol. The number of benzene rings is 1. The van der Waals surface area contributed by atoms with Crippen LogP contribution in [-0.2, 0) is 0 Å². The molecule has 0 aromatic heterocycles. The average molecular weight is 276 g/mol. The number of carbonyl (C=O) groups is 1. The molecule has 0 saturated carbocycles. The number of nitrogens with one attached hydrogen (secondary N) is 1. The molecule has 1 N–H and O–H groups in total. The normalized spacial score (nSPS) is 16.8. The summed E-state index contributed by atoms with van der Waals surface area (Å²) in [4.78, 5) is 14.7. The molecule has 0 radical (unpaired) electrons. The Hall–Kier alpha value is -1.39. The first-order valence-electron chi connectivity index (χ1n) is 7.23. The van der Waals surface area contributed by atoms with E-state index in [4.69, 9.17) is 4.74 Å². The van der Waals surface area contributed by atoms with E-state index in [1.54, 1.807) is 7.11 Å². The number of Topliss-reactive ketones (excluding diaryl/α,β-unsaturated/α-hetero) is 1. The predicted octanol–water partition coefficient (Wildman–Crippen LogP) is 1.79. The van der Waals surface area contributed by atoms with Gasteiger partial charge in [-0.05, 0) is 56.6 Å². The third kappa shape index (κ3) is 3.58. The number of nitrogens with zero attached hydrogens (tertiary/aromatic N) is 1. The maximum Gasteiger partial charge on any atom is 0.177 e. The summed E-state index contributed by atoms with van der Waals surface area (Å²) in [5.74, 6) is 1.05. The third-order valence-corrected chi connectivity index (χ3v) is 3.84. The Kier molecular flexibility index (Phi) is 5.15. The molecule has 1 aliphatic rings. The van der Waals surface area contributed by atoms with Gasteiger partial charge in [-0.3, -0.25) is 9.69 Å². The Bertz CT molecular complexity index is 478. The number of rotatable bonds is 4. The molecule has 20 heavy (non-hydrogen) atoms. The summed E-state index contributed by atoms with van der Waals surface area (Å²) in [6.07, 6.45) is 1.11. The molecular formula is C16H24N2O2. The van der Waals surface area contributed by atoms with Gasteiger partial charge >= 0.3 is 0 Å². The predicted molar refractivity (Wildman–Crippen MR) is 80.7 cm³/mol. The van der Waals surface area contributed by atoms with Crippen LogP contribution in [0.25, 0.3) is 0 Å². The summed E-state index contributed by atoms with van der Waals surface area (Å²) < 4.78 is 5.30. The lowest BCUT2D eigenvalue weighted by Crippen LogP contribution is -2.33. The Morgan fingerprint density at radius 2 is 2.05 bits per heavy atom. The van der Waals surface area contributed by atoms with E-state index in [-0.39, 0.29) is 5.78 Å². The van der Waals surface area contributed by atoms with E-state index < -0.39 is 0 Å². The molecule has 1 aromatic rings. The highest BCUT2D eigenvalue weighted by Crippen LogP contribution is 2.23. The van der Waals surface area contributed by atoms with Crippen LogP contribution >= 0.6 is 0 Å². The zero-order chi connectivity index (χ0) is 14.5. The van der Waals surface area contributed by atoms with E-state index in [1.165, 1.54) is 0 Å². The van der Waals surface area contributed by atoms with Crippen molar-refractivity contribution in [1.29, 1.82) is 0 Å². The second-order valence-electron chi connectivity index (χ2n) is 5.44. The van der Waals surface area contributed by atoms with Crippen molar-refractivity contribution in [2.24, 2.45) is 0 Å². The van der Waals surface area contributed by atoms with E-state index in [9.17, 15) is 4.79 Å². The van der Waals surface area contributed by atoms with Crippen LogP contribution in [0.15, 0.2) is 12.1 Å². The molecule has 1 heterocycles. The summed E-state index contributed by atoms with van der Waals surface area (Å²) in [6, 6.07) is 3.90. The van der Waals surface area contributed by atoms with Gasteiger partial charge in [0, 0.05) is 18.7 Å². The minimum atomic E-state index is 0.204. The van der Waals surface area contributed by atoms with E-state index in [2.05, 4.69) is 10.2 Å². The molecule has 4 heteroatoms. The highest BCUT2D eigenvalue weighted by Gasteiger charge is 2.17. The highest BCUT2D eigenvalue weighted by molar-refractivity contribution is 5.99. The smallest absolute Gasteiger partial charge is 0.177 e. The van der Waals surface area contributed by atoms with Gasteiger partial charge in [0.15, 0.2) is 5.78 Å². The van der Waals surface area contributed by atoms with E-state index in [0.29, 0.717) is 6.54 Å². The van der Waals surface area contributed by atoms with Crippen LogP contribution in [0.1, 0.15) is 27.9 Å². The molecule has 4 nitrogen and oxygen atoms in total. The van der Waals surface area contributed by atoms with Gasteiger partial charge in [0.25, 0.3) is 0 Å². The Labute approximate surface area is 121 Å². The topological polar surface area (TPSA) is 41.6 Å². The van der Waals surface area contributed by atoms with Crippen LogP contribution in [0, 0.1) is 13.8 Å². The molecule has 0 bridgehead atoms. The first-order valence-corrected chi connectivity index (χ1v) is 7.23. The zero-order valence-corrected chi connectivity index (χ0v) is 12.7. The van der Waals surface area contributed by atoms with Gasteiger partial charge < -0.3 is 10.1 Å². The fraction of sp³-hybridized carbons (Fsp3) is 0.562. The second kappa shape index (κ2) is 6.86. The third-order valence-electron chi connectivity index (χ3n) is 3.84. The van der Waals surface area contributed by atoms with Gasteiger partial charge in [0.05, 0.1) is 13.7 Å². The number of ketones is 1. The Balaban J connectivity index is 2.10. The summed E-state index contributed by atoms with van der Waals surface area (Å²) in [6.45, 7) is 8.41. The van der Waals surface area contributed by atoms with Crippen molar-refractivity contribution in [3.05, 3.63) is 28.8 Å². The lowest BCUT2D eigenvalue weighted by Gasteiger charge is -2.19. The standard InChI is InChI=1S/C16H24N2O2/c1-12-10-16(20-3)13(2)9-14(12)15(19)11-18-7-4-5-17-6-8-18/h9-10,17H,4-8,11H2,1-3H3. The quantitative estimate of drug-likeness (QED) is 0.851. The minimum Gasteiger partial charge on any atom is -0.496 e. The SMILES string of the molecule is COc1cc(C)c(C(=O)CN2CCCNCC2)cc1C. The molecule has 0 spiro atoms. The second-order valence-corrected chi connectivity index (χ2v) is 5.44. The van der Waals surface area contributed by atoms with Crippen molar-refractivity contribution in [1.82, 2.24) is 10.2 Å². The molecule has 0 unspecified atom stereocenters. The lowest BCUT2D eigenvalue weighted by molar-refractivity contribution is 0.0934. The number of aryl methyl sites for hydroxylation is 2. The summed E-state index contributed by atoms with van der Waals surface area (Å²) in [7, 11) is 1.66. The van der Waals surface area contributed by atoms with Crippen molar-refractivity contribution in [3.8, 4) is 5.75 Å². The van der Waals surface area contributed by atoms with Crippen LogP contribution in [0.5, 0.6) is 5.75 Å². The Morgan fingerprint density at radius 3 is 2.80 bits per heavy atom. The molecule has 110 valence electrons. The molecule has 2 rings (SSSR count). The van der Waals surface area contributed by atoms with Crippen LogP contribution in [0.3, 0.4) is 0 Å². The van der Waals surface area contributed by atoms with E-state index in [0.717, 1.165) is 55.0 Å². The molecule has 1 saturated heterocycles. The van der Waals surface area contributed by atoms with Crippen molar-refractivity contribution in [3.63, 3.8) is 0 Å². The number of hydrogen-bond donors (Lipinski definition) is 1. The fourth-order valence-electron chi connectivity index (χ4n) is 2.66. The summed E-state index contributed by atoms with van der Waals surface area (Å²) in [5, 5.41) is 3.36. The molecule has 1 aromatic carbocycles. The minimum absolute atomic E-state index is 0.204. The van der Waals surface area contributed by atoms with E-state index >= 15 is 0 Å². The van der Waals surface area contributed by atoms with Crippen molar-refractivity contribution >= 4 is 5.78 Å². The van der Waals surface area contributed by atoms with Crippen molar-refractivity contribution < 1.29 is 9.53 Å². The molecule has 0 aliphatic carbocycles. The average Bonchev–Trinajstić information content (AvgIpc) is 2.69. The first kappa shape index (κ1) is 15.0. The number of carbonyl (C=O) groups excluding carboxylic acids is 1. The lowest BCUT2D eigenvalue weighted by atomic mass is 10.0. The number of methoxy groups -OCH3 is 1. The summed E-state index contributed by atoms with van der Waals surface area (Å²) in [5.41, 5.74) is 2.82. The Morgan fingerprint density at radius 1 is 1.25 bits per heavy atom. The molecule has 0 amide bonds. The van der Waals surface area contributed by atoms with Crippen LogP contribution in [0.4, 0.5) is 0 Å². The highest BCUT2D eigenvalue weighted by atomic mass is 16.5. The molecule has 0 atom stereocenters. The number of ether oxygens (including phenoxy) is 1. The van der Waals surface area contributed by atoms with E-state index in [1.807, 2.05) is 26.0 Å². The molecule has 1 aliphatic heterocycles. The van der Waals surface area contributed by atoms with Crippen molar-refractivity contribution in [2.75, 3.05) is 39.8 Å². The summed E-state index contributed by atoms with van der Waals surface area (Å²) >= 11 is 0. The van der Waals surface area contributed by atoms with Crippen LogP contribution < -0.4 is 10.1 Å². The van der Waals surface area contributed by atoms with Crippen molar-refractivity contribution in [2.45, 2.75) is 20.3 Å². The van der Waals surface area contributed by atoms with Gasteiger partial charge in [-0.15, -0.1) is 0 Å². The molecular weight excluding hydrogens is 252 g/mol. The number of hydrogen-bond acceptors (Lipinski definition) is 4. The molecule has 1 fully saturated rings. The fourth-order valence-corrected chi connectivity index (χ4v) is 2.66. The maximum atomic E-state index is 12.5. The van der Waals surface area contributed by atoms with Crippen LogP contribution in [-0.4, -0.2) is 50.5 Å². The zero-order valence-electron chi connectivity index (χ0n) is 12.7. The van der Waals surface area contributed by atoms with Gasteiger partial charge in [-0.2, -0.15) is 0 Å². The van der Waals surface area contributed by atoms with Crippen LogP contribution in [0.2, 0.25) is 0 Å².